The van der Waals surface area contributed by atoms with Crippen molar-refractivity contribution in [1.29, 1.82) is 0 Å². The van der Waals surface area contributed by atoms with Gasteiger partial charge >= 0.3 is 12.5 Å². The van der Waals surface area contributed by atoms with Crippen LogP contribution in [-0.4, -0.2) is 76.7 Å². The molecule has 4 amide bonds. The van der Waals surface area contributed by atoms with Crippen LogP contribution in [0.15, 0.2) is 30.5 Å². The van der Waals surface area contributed by atoms with Gasteiger partial charge in [-0.15, -0.1) is 13.2 Å². The fourth-order valence-electron chi connectivity index (χ4n) is 4.39. The van der Waals surface area contributed by atoms with E-state index < -0.39 is 53.8 Å². The molecule has 0 bridgehead atoms. The number of nitrogens with one attached hydrogen (secondary N) is 3. The van der Waals surface area contributed by atoms with Crippen molar-refractivity contribution in [2.24, 2.45) is 5.92 Å². The van der Waals surface area contributed by atoms with Crippen LogP contribution in [0.3, 0.4) is 0 Å². The number of alkyl halides is 3. The molecular weight excluding hydrogens is 627 g/mol. The number of hydrogen-bond acceptors (Lipinski definition) is 8. The van der Waals surface area contributed by atoms with Crippen LogP contribution in [0.2, 0.25) is 5.02 Å². The molecule has 3 N–H and O–H groups in total. The molecule has 16 heteroatoms. The number of benzene rings is 1. The second-order valence-electron chi connectivity index (χ2n) is 11.2. The number of ether oxygens (including phenoxy) is 2. The maximum atomic E-state index is 13.2. The number of aromatic nitrogens is 1. The molecule has 1 aromatic carbocycles. The van der Waals surface area contributed by atoms with Gasteiger partial charge < -0.3 is 10.1 Å². The van der Waals surface area contributed by atoms with Crippen molar-refractivity contribution < 1.29 is 41.8 Å². The van der Waals surface area contributed by atoms with Crippen molar-refractivity contribution in [2.75, 3.05) is 18.8 Å². The van der Waals surface area contributed by atoms with E-state index in [1.807, 2.05) is 0 Å². The first kappa shape index (κ1) is 35.2. The molecule has 2 aromatic rings. The number of thiol groups is 1. The molecule has 1 saturated carbocycles. The van der Waals surface area contributed by atoms with Crippen molar-refractivity contribution >= 4 is 58.9 Å². The van der Waals surface area contributed by atoms with Crippen LogP contribution in [0.25, 0.3) is 10.9 Å². The Morgan fingerprint density at radius 1 is 1.14 bits per heavy atom. The molecular formula is C28H35ClF3N5O6S. The summed E-state index contributed by atoms with van der Waals surface area (Å²) in [6, 6.07) is 5.58. The molecule has 0 aliphatic heterocycles. The van der Waals surface area contributed by atoms with Crippen molar-refractivity contribution in [1.82, 2.24) is 26.1 Å². The minimum absolute atomic E-state index is 0.0591. The van der Waals surface area contributed by atoms with Crippen molar-refractivity contribution in [3.63, 3.8) is 0 Å². The van der Waals surface area contributed by atoms with Gasteiger partial charge in [0.25, 0.3) is 11.8 Å². The topological polar surface area (TPSA) is 139 Å². The average Bonchev–Trinajstić information content (AvgIpc) is 2.90. The monoisotopic (exact) mass is 661 g/mol. The smallest absolute Gasteiger partial charge is 0.444 e. The number of halogens is 4. The van der Waals surface area contributed by atoms with Crippen molar-refractivity contribution in [3.05, 3.63) is 41.0 Å². The first-order chi connectivity index (χ1) is 20.6. The van der Waals surface area contributed by atoms with Gasteiger partial charge in [-0.05, 0) is 70.4 Å². The normalized spacial score (nSPS) is 17.3. The van der Waals surface area contributed by atoms with Gasteiger partial charge in [0.2, 0.25) is 5.91 Å². The van der Waals surface area contributed by atoms with Gasteiger partial charge in [0, 0.05) is 35.6 Å². The van der Waals surface area contributed by atoms with Gasteiger partial charge in [-0.2, -0.15) is 12.6 Å². The number of pyridine rings is 1. The predicted octanol–water partition coefficient (Wildman–Crippen LogP) is 4.40. The summed E-state index contributed by atoms with van der Waals surface area (Å²) in [5, 5.41) is 3.92. The lowest BCUT2D eigenvalue weighted by atomic mass is 9.82. The molecule has 1 atom stereocenters. The van der Waals surface area contributed by atoms with E-state index in [0.717, 1.165) is 4.90 Å². The Morgan fingerprint density at radius 3 is 2.48 bits per heavy atom. The summed E-state index contributed by atoms with van der Waals surface area (Å²) in [6.45, 7) is 4.78. The minimum atomic E-state index is -4.80. The molecule has 11 nitrogen and oxygen atoms in total. The van der Waals surface area contributed by atoms with Crippen LogP contribution in [0.4, 0.5) is 18.0 Å². The van der Waals surface area contributed by atoms with Crippen LogP contribution in [0.5, 0.6) is 0 Å². The van der Waals surface area contributed by atoms with Crippen molar-refractivity contribution in [3.8, 4) is 0 Å². The van der Waals surface area contributed by atoms with E-state index in [9.17, 15) is 32.3 Å². The number of nitrogens with zero attached hydrogens (tertiary/aromatic N) is 2. The minimum Gasteiger partial charge on any atom is -0.444 e. The van der Waals surface area contributed by atoms with Crippen LogP contribution < -0.4 is 16.2 Å². The van der Waals surface area contributed by atoms with E-state index >= 15 is 0 Å². The highest BCUT2D eigenvalue weighted by Crippen LogP contribution is 2.34. The molecule has 1 fully saturated rings. The van der Waals surface area contributed by atoms with E-state index in [2.05, 4.69) is 38.5 Å². The Labute approximate surface area is 262 Å². The quantitative estimate of drug-likeness (QED) is 0.207. The SMILES string of the molecule is CC(C)(C)OC(=O)N(CCNC(=O)c1cnc2cc(Cl)ccc2c1)[C@H](CCCS)C(=O)NNC(=O)[C@H]1C[C@@H](OC(F)(F)F)C1. The summed E-state index contributed by atoms with van der Waals surface area (Å²) in [5.41, 5.74) is 4.47. The van der Waals surface area contributed by atoms with Gasteiger partial charge in [-0.25, -0.2) is 4.79 Å². The third-order valence-electron chi connectivity index (χ3n) is 6.56. The Kier molecular flexibility index (Phi) is 12.1. The Morgan fingerprint density at radius 2 is 1.84 bits per heavy atom. The van der Waals surface area contributed by atoms with Gasteiger partial charge in [0.15, 0.2) is 0 Å². The molecule has 1 aliphatic carbocycles. The van der Waals surface area contributed by atoms with E-state index in [-0.39, 0.29) is 37.9 Å². The zero-order valence-corrected chi connectivity index (χ0v) is 26.0. The first-order valence-corrected chi connectivity index (χ1v) is 14.9. The highest BCUT2D eigenvalue weighted by atomic mass is 35.5. The number of rotatable bonds is 11. The molecule has 0 spiro atoms. The van der Waals surface area contributed by atoms with Gasteiger partial charge in [-0.1, -0.05) is 17.7 Å². The molecule has 0 radical (unpaired) electrons. The largest absolute Gasteiger partial charge is 0.522 e. The number of fused-ring (bicyclic) bond motifs is 1. The lowest BCUT2D eigenvalue weighted by molar-refractivity contribution is -0.353. The Bertz CT molecular complexity index is 1350. The molecule has 0 unspecified atom stereocenters. The fraction of sp³-hybridized carbons (Fsp3) is 0.536. The maximum absolute atomic E-state index is 13.2. The zero-order valence-electron chi connectivity index (χ0n) is 24.4. The number of carbonyl (C=O) groups is 4. The molecule has 242 valence electrons. The van der Waals surface area contributed by atoms with Gasteiger partial charge in [0.05, 0.1) is 17.2 Å². The Balaban J connectivity index is 1.66. The summed E-state index contributed by atoms with van der Waals surface area (Å²) in [5.74, 6) is -2.29. The number of hydrogen-bond donors (Lipinski definition) is 4. The highest BCUT2D eigenvalue weighted by molar-refractivity contribution is 7.80. The zero-order chi connectivity index (χ0) is 32.7. The summed E-state index contributed by atoms with van der Waals surface area (Å²) < 4.78 is 46.5. The van der Waals surface area contributed by atoms with E-state index in [1.54, 1.807) is 45.0 Å². The molecule has 0 saturated heterocycles. The van der Waals surface area contributed by atoms with Crippen LogP contribution in [0, 0.1) is 5.92 Å². The van der Waals surface area contributed by atoms with Crippen LogP contribution >= 0.6 is 24.2 Å². The summed E-state index contributed by atoms with van der Waals surface area (Å²) in [6.07, 6.45) is -5.13. The Hall–Kier alpha value is -3.30. The predicted molar refractivity (Wildman–Crippen MR) is 159 cm³/mol. The van der Waals surface area contributed by atoms with Crippen molar-refractivity contribution in [2.45, 2.75) is 70.6 Å². The van der Waals surface area contributed by atoms with Gasteiger partial charge in [-0.3, -0.25) is 39.9 Å². The molecule has 1 aliphatic rings. The molecule has 1 heterocycles. The lowest BCUT2D eigenvalue weighted by Gasteiger charge is -2.35. The molecule has 3 rings (SSSR count). The number of amides is 4. The van der Waals surface area contributed by atoms with Gasteiger partial charge in [0.1, 0.15) is 11.6 Å². The van der Waals surface area contributed by atoms with E-state index in [0.29, 0.717) is 28.1 Å². The fourth-order valence-corrected chi connectivity index (χ4v) is 4.74. The summed E-state index contributed by atoms with van der Waals surface area (Å²) >= 11 is 10.2. The van der Waals surface area contributed by atoms with E-state index in [4.69, 9.17) is 16.3 Å². The maximum Gasteiger partial charge on any atom is 0.522 e. The second-order valence-corrected chi connectivity index (χ2v) is 12.1. The average molecular weight is 662 g/mol. The molecule has 44 heavy (non-hydrogen) atoms. The first-order valence-electron chi connectivity index (χ1n) is 13.8. The third kappa shape index (κ3) is 10.7. The second kappa shape index (κ2) is 15.1. The summed E-state index contributed by atoms with van der Waals surface area (Å²) in [4.78, 5) is 57.1. The number of carbonyl (C=O) groups excluding carboxylic acids is 4. The number of hydrazine groups is 1. The lowest BCUT2D eigenvalue weighted by Crippen LogP contribution is -2.57. The van der Waals surface area contributed by atoms with Crippen LogP contribution in [-0.2, 0) is 19.1 Å². The summed E-state index contributed by atoms with van der Waals surface area (Å²) in [7, 11) is 0. The van der Waals surface area contributed by atoms with E-state index in [1.165, 1.54) is 6.20 Å². The standard InChI is InChI=1S/C28H35ClF3N5O6S/c1-27(2,3)43-26(41)37(9-8-33-23(38)18-11-16-6-7-19(29)14-21(16)34-15-18)22(5-4-10-44)25(40)36-35-24(39)17-12-20(13-17)42-28(30,31)32/h6-7,11,14-15,17,20,22,44H,4-5,8-10,12-13H2,1-3H3,(H,33,38)(H,35,39)(H,36,40)/t17-,20+,22-/m1/s1. The third-order valence-corrected chi connectivity index (χ3v) is 7.12. The highest BCUT2D eigenvalue weighted by Gasteiger charge is 2.43. The van der Waals surface area contributed by atoms with Crippen LogP contribution in [0.1, 0.15) is 56.8 Å². The molecule has 1 aromatic heterocycles.